The number of nitrogens with two attached hydrogens (primary N) is 1. The molecule has 0 saturated heterocycles. The van der Waals surface area contributed by atoms with Crippen LogP contribution in [0.4, 0.5) is 11.4 Å². The second-order valence-electron chi connectivity index (χ2n) is 5.40. The fraction of sp³-hybridized carbons (Fsp3) is 0. The summed E-state index contributed by atoms with van der Waals surface area (Å²) in [5, 5.41) is 19.2. The van der Waals surface area contributed by atoms with Crippen LogP contribution < -0.4 is 5.73 Å². The smallest absolute Gasteiger partial charge is 0.319 e. The molecule has 126 valence electrons. The zero-order valence-corrected chi connectivity index (χ0v) is 12.9. The number of nitrogen functional groups attached to an aromatic ring is 1. The molecule has 11 heteroatoms. The third kappa shape index (κ3) is 1.97. The highest BCUT2D eigenvalue weighted by Gasteiger charge is 2.19. The topological polar surface area (TPSA) is 161 Å². The Morgan fingerprint density at radius 1 is 1.12 bits per heavy atom. The molecule has 0 aliphatic heterocycles. The SMILES string of the molecule is Nc1conc1C(=O)N=Nc1c2ccccc2c2nc3no[nH]c3nc12. The fourth-order valence-corrected chi connectivity index (χ4v) is 2.70. The first-order chi connectivity index (χ1) is 12.7. The van der Waals surface area contributed by atoms with Crippen molar-refractivity contribution in [2.24, 2.45) is 10.2 Å². The number of carbonyl (C=O) groups excluding carboxylic acids is 1. The summed E-state index contributed by atoms with van der Waals surface area (Å²) in [4.78, 5) is 21.0. The highest BCUT2D eigenvalue weighted by molar-refractivity contribution is 6.18. The largest absolute Gasteiger partial charge is 0.394 e. The van der Waals surface area contributed by atoms with Gasteiger partial charge in [0.05, 0.1) is 0 Å². The number of hydrogen-bond donors (Lipinski definition) is 2. The van der Waals surface area contributed by atoms with Crippen LogP contribution in [0.3, 0.4) is 0 Å². The first kappa shape index (κ1) is 14.2. The number of aromatic amines is 1. The summed E-state index contributed by atoms with van der Waals surface area (Å²) in [5.74, 6) is -0.722. The van der Waals surface area contributed by atoms with Gasteiger partial charge < -0.3 is 10.3 Å². The van der Waals surface area contributed by atoms with E-state index in [9.17, 15) is 4.79 Å². The molecular weight excluding hydrogens is 340 g/mol. The van der Waals surface area contributed by atoms with E-state index < -0.39 is 5.91 Å². The van der Waals surface area contributed by atoms with Gasteiger partial charge in [-0.2, -0.15) is 5.16 Å². The Bertz CT molecular complexity index is 1330. The molecule has 0 aliphatic carbocycles. The van der Waals surface area contributed by atoms with Crippen LogP contribution in [0.1, 0.15) is 10.5 Å². The predicted molar refractivity (Wildman–Crippen MR) is 88.7 cm³/mol. The number of anilines is 1. The molecule has 11 nitrogen and oxygen atoms in total. The Labute approximate surface area is 142 Å². The average molecular weight is 348 g/mol. The van der Waals surface area contributed by atoms with E-state index in [1.54, 1.807) is 0 Å². The van der Waals surface area contributed by atoms with E-state index in [0.29, 0.717) is 28.0 Å². The van der Waals surface area contributed by atoms with Gasteiger partial charge in [-0.05, 0) is 5.16 Å². The van der Waals surface area contributed by atoms with Crippen molar-refractivity contribution in [1.82, 2.24) is 25.4 Å². The number of amides is 1. The first-order valence-corrected chi connectivity index (χ1v) is 7.40. The Balaban J connectivity index is 1.73. The standard InChI is InChI=1S/C15H8N8O3/c16-8-5-25-21-11(8)15(24)20-19-10-7-4-2-1-3-6(7)9-12(10)18-14-13(17-9)22-26-23-14/h1-5H,16H2,(H,18,23). The predicted octanol–water partition coefficient (Wildman–Crippen LogP) is 2.75. The van der Waals surface area contributed by atoms with Crippen LogP contribution in [0.25, 0.3) is 33.1 Å². The maximum atomic E-state index is 12.1. The fourth-order valence-electron chi connectivity index (χ4n) is 2.70. The monoisotopic (exact) mass is 348 g/mol. The normalized spacial score (nSPS) is 12.0. The van der Waals surface area contributed by atoms with Gasteiger partial charge in [-0.3, -0.25) is 9.42 Å². The van der Waals surface area contributed by atoms with E-state index in [1.807, 2.05) is 24.3 Å². The van der Waals surface area contributed by atoms with Gasteiger partial charge >= 0.3 is 5.91 Å². The van der Waals surface area contributed by atoms with Gasteiger partial charge in [-0.25, -0.2) is 9.97 Å². The van der Waals surface area contributed by atoms with Crippen LogP contribution in [-0.2, 0) is 0 Å². The van der Waals surface area contributed by atoms with Crippen molar-refractivity contribution in [3.8, 4) is 0 Å². The summed E-state index contributed by atoms with van der Waals surface area (Å²) in [6, 6.07) is 7.43. The number of benzene rings is 1. The minimum atomic E-state index is -0.722. The Morgan fingerprint density at radius 2 is 1.96 bits per heavy atom. The van der Waals surface area contributed by atoms with Gasteiger partial charge in [-0.1, -0.05) is 29.4 Å². The Kier molecular flexibility index (Phi) is 2.83. The molecule has 0 spiro atoms. The summed E-state index contributed by atoms with van der Waals surface area (Å²) in [6.07, 6.45) is 1.15. The molecule has 2 aromatic carbocycles. The van der Waals surface area contributed by atoms with Crippen molar-refractivity contribution in [2.75, 3.05) is 5.73 Å². The third-order valence-electron chi connectivity index (χ3n) is 3.85. The lowest BCUT2D eigenvalue weighted by molar-refractivity contribution is 0.0987. The van der Waals surface area contributed by atoms with Crippen LogP contribution in [-0.4, -0.2) is 31.3 Å². The lowest BCUT2D eigenvalue weighted by atomic mass is 10.2. The molecule has 3 aromatic heterocycles. The second kappa shape index (κ2) is 5.17. The lowest BCUT2D eigenvalue weighted by Crippen LogP contribution is -1.98. The molecule has 5 aromatic rings. The number of nitrogens with zero attached hydrogens (tertiary/aromatic N) is 6. The number of hydrogen-bond acceptors (Lipinski definition) is 9. The molecule has 0 bridgehead atoms. The van der Waals surface area contributed by atoms with Crippen molar-refractivity contribution in [3.05, 3.63) is 36.2 Å². The molecule has 3 heterocycles. The van der Waals surface area contributed by atoms with Crippen LogP contribution >= 0.6 is 0 Å². The second-order valence-corrected chi connectivity index (χ2v) is 5.40. The summed E-state index contributed by atoms with van der Waals surface area (Å²) in [7, 11) is 0. The molecule has 0 saturated carbocycles. The molecule has 0 atom stereocenters. The summed E-state index contributed by atoms with van der Waals surface area (Å²) < 4.78 is 9.42. The number of fused-ring (bicyclic) bond motifs is 4. The highest BCUT2D eigenvalue weighted by atomic mass is 16.6. The van der Waals surface area contributed by atoms with Gasteiger partial charge in [0.1, 0.15) is 28.7 Å². The van der Waals surface area contributed by atoms with Crippen molar-refractivity contribution in [1.29, 1.82) is 0 Å². The van der Waals surface area contributed by atoms with Crippen molar-refractivity contribution in [3.63, 3.8) is 0 Å². The third-order valence-corrected chi connectivity index (χ3v) is 3.85. The van der Waals surface area contributed by atoms with Crippen LogP contribution in [0.15, 0.2) is 49.9 Å². The molecule has 0 radical (unpaired) electrons. The number of carbonyl (C=O) groups is 1. The molecule has 5 rings (SSSR count). The summed E-state index contributed by atoms with van der Waals surface area (Å²) in [6.45, 7) is 0. The van der Waals surface area contributed by atoms with Gasteiger partial charge in [0.25, 0.3) is 0 Å². The molecule has 0 unspecified atom stereocenters. The van der Waals surface area contributed by atoms with Crippen LogP contribution in [0, 0.1) is 0 Å². The van der Waals surface area contributed by atoms with E-state index in [4.69, 9.17) is 10.4 Å². The quantitative estimate of drug-likeness (QED) is 0.460. The molecule has 0 fully saturated rings. The number of aromatic nitrogens is 5. The molecular formula is C15H8N8O3. The van der Waals surface area contributed by atoms with Crippen LogP contribution in [0.5, 0.6) is 0 Å². The average Bonchev–Trinajstić information content (AvgIpc) is 3.35. The zero-order valence-electron chi connectivity index (χ0n) is 12.9. The minimum Gasteiger partial charge on any atom is -0.394 e. The number of nitrogens with one attached hydrogen (secondary N) is 1. The maximum Gasteiger partial charge on any atom is 0.319 e. The number of azo groups is 1. The maximum absolute atomic E-state index is 12.1. The van der Waals surface area contributed by atoms with Crippen molar-refractivity contribution >= 4 is 50.4 Å². The summed E-state index contributed by atoms with van der Waals surface area (Å²) in [5.41, 5.74) is 7.72. The van der Waals surface area contributed by atoms with E-state index in [0.717, 1.165) is 17.0 Å². The highest BCUT2D eigenvalue weighted by Crippen LogP contribution is 2.38. The molecule has 3 N–H and O–H groups in total. The van der Waals surface area contributed by atoms with Crippen molar-refractivity contribution in [2.45, 2.75) is 0 Å². The number of H-pyrrole nitrogens is 1. The molecule has 26 heavy (non-hydrogen) atoms. The van der Waals surface area contributed by atoms with E-state index in [-0.39, 0.29) is 11.4 Å². The Morgan fingerprint density at radius 3 is 2.77 bits per heavy atom. The van der Waals surface area contributed by atoms with Crippen LogP contribution in [0.2, 0.25) is 0 Å². The molecule has 1 amide bonds. The van der Waals surface area contributed by atoms with Gasteiger partial charge in [0.2, 0.25) is 11.3 Å². The first-order valence-electron chi connectivity index (χ1n) is 7.40. The van der Waals surface area contributed by atoms with Crippen molar-refractivity contribution < 1.29 is 13.9 Å². The number of rotatable bonds is 2. The van der Waals surface area contributed by atoms with E-state index in [1.165, 1.54) is 0 Å². The minimum absolute atomic E-state index is 0.0896. The Hall–Kier alpha value is -4.15. The zero-order chi connectivity index (χ0) is 17.7. The van der Waals surface area contributed by atoms with Gasteiger partial charge in [-0.15, -0.1) is 10.2 Å². The summed E-state index contributed by atoms with van der Waals surface area (Å²) >= 11 is 0. The van der Waals surface area contributed by atoms with E-state index in [2.05, 4.69) is 40.2 Å². The van der Waals surface area contributed by atoms with E-state index >= 15 is 0 Å². The lowest BCUT2D eigenvalue weighted by Gasteiger charge is -1.92. The van der Waals surface area contributed by atoms with Gasteiger partial charge in [0, 0.05) is 10.8 Å². The molecule has 0 aliphatic rings. The van der Waals surface area contributed by atoms with Gasteiger partial charge in [0.15, 0.2) is 5.69 Å².